The minimum atomic E-state index is 0.578. The van der Waals surface area contributed by atoms with Gasteiger partial charge in [0.15, 0.2) is 11.6 Å². The Kier molecular flexibility index (Phi) is 7.77. The molecule has 294 valence electrons. The molecule has 0 amide bonds. The Morgan fingerprint density at radius 1 is 0.286 bits per heavy atom. The Hall–Kier alpha value is -8.68. The number of nitrogens with zero attached hydrogens (tertiary/aromatic N) is 7. The molecule has 0 aliphatic rings. The Balaban J connectivity index is 0.959. The van der Waals surface area contributed by atoms with E-state index >= 15 is 0 Å². The number of benzene rings is 8. The smallest absolute Gasteiger partial charge is 0.238 e. The van der Waals surface area contributed by atoms with Crippen LogP contribution in [0.25, 0.3) is 117 Å². The second kappa shape index (κ2) is 13.9. The number of hydrogen-bond acceptors (Lipinski definition) is 4. The van der Waals surface area contributed by atoms with Gasteiger partial charge < -0.3 is 9.13 Å². The SMILES string of the molecule is c1ccc(-c2nc(-c3ccccc3)nc(-n3c4ccccc4c4cc(-c5ccc6c(c5)c5ccccc5n6-c5cccc(-n6c7ccccc7c7ncccc76)c5)ccc43)n2)cc1. The largest absolute Gasteiger partial charge is 0.309 e. The van der Waals surface area contributed by atoms with E-state index in [1.165, 1.54) is 10.8 Å². The highest BCUT2D eigenvalue weighted by Gasteiger charge is 2.20. The Labute approximate surface area is 361 Å². The van der Waals surface area contributed by atoms with Crippen molar-refractivity contribution in [1.82, 2.24) is 33.6 Å². The van der Waals surface area contributed by atoms with Crippen LogP contribution in [-0.2, 0) is 0 Å². The van der Waals surface area contributed by atoms with Crippen LogP contribution in [0.4, 0.5) is 0 Å². The highest BCUT2D eigenvalue weighted by atomic mass is 15.2. The van der Waals surface area contributed by atoms with Crippen molar-refractivity contribution in [3.05, 3.63) is 212 Å². The number of aromatic nitrogens is 7. The first-order valence-corrected chi connectivity index (χ1v) is 21.1. The zero-order valence-corrected chi connectivity index (χ0v) is 33.8. The molecule has 13 aromatic rings. The quantitative estimate of drug-likeness (QED) is 0.168. The van der Waals surface area contributed by atoms with E-state index in [0.29, 0.717) is 17.6 Å². The molecule has 7 nitrogen and oxygen atoms in total. The van der Waals surface area contributed by atoms with Gasteiger partial charge in [-0.3, -0.25) is 9.55 Å². The fraction of sp³-hybridized carbons (Fsp3) is 0. The molecule has 0 spiro atoms. The molecule has 0 bridgehead atoms. The summed E-state index contributed by atoms with van der Waals surface area (Å²) in [6.07, 6.45) is 1.87. The third-order valence-corrected chi connectivity index (χ3v) is 12.3. The predicted molar refractivity (Wildman–Crippen MR) is 257 cm³/mol. The molecule has 0 aliphatic carbocycles. The highest BCUT2D eigenvalue weighted by molar-refractivity contribution is 6.13. The molecule has 8 aromatic carbocycles. The second-order valence-corrected chi connectivity index (χ2v) is 15.9. The van der Waals surface area contributed by atoms with Gasteiger partial charge in [0, 0.05) is 55.6 Å². The topological polar surface area (TPSA) is 66.3 Å². The third kappa shape index (κ3) is 5.53. The molecular formula is C56H35N7. The lowest BCUT2D eigenvalue weighted by Gasteiger charge is -2.13. The number of para-hydroxylation sites is 3. The van der Waals surface area contributed by atoms with Crippen LogP contribution >= 0.6 is 0 Å². The van der Waals surface area contributed by atoms with E-state index in [2.05, 4.69) is 153 Å². The molecule has 0 saturated heterocycles. The fourth-order valence-corrected chi connectivity index (χ4v) is 9.53. The van der Waals surface area contributed by atoms with E-state index in [1.54, 1.807) is 0 Å². The van der Waals surface area contributed by atoms with E-state index in [4.69, 9.17) is 19.9 Å². The first-order valence-electron chi connectivity index (χ1n) is 21.1. The van der Waals surface area contributed by atoms with Gasteiger partial charge in [-0.2, -0.15) is 9.97 Å². The van der Waals surface area contributed by atoms with Crippen LogP contribution in [0.15, 0.2) is 212 Å². The lowest BCUT2D eigenvalue weighted by molar-refractivity contribution is 0.953. The van der Waals surface area contributed by atoms with Crippen LogP contribution in [0.1, 0.15) is 0 Å². The average Bonchev–Trinajstić information content (AvgIpc) is 4.00. The molecule has 0 N–H and O–H groups in total. The first kappa shape index (κ1) is 35.1. The van der Waals surface area contributed by atoms with Gasteiger partial charge in [0.05, 0.1) is 38.6 Å². The standard InChI is InChI=1S/C56H35N7/c1-3-15-36(16-4-1)54-58-55(37-17-5-2-6-18-37)60-56(59-54)63-48-25-11-8-22-43(48)46-34-39(29-31-51(46)63)38-28-30-50-45(33-38)42-21-7-10-24-47(42)61(50)40-19-13-20-41(35-40)62-49-26-12-9-23-44(49)53-52(62)27-14-32-57-53/h1-35H. The normalized spacial score (nSPS) is 11.8. The molecule has 63 heavy (non-hydrogen) atoms. The van der Waals surface area contributed by atoms with Gasteiger partial charge in [-0.15, -0.1) is 0 Å². The van der Waals surface area contributed by atoms with Crippen molar-refractivity contribution in [2.75, 3.05) is 0 Å². The highest BCUT2D eigenvalue weighted by Crippen LogP contribution is 2.39. The Bertz CT molecular complexity index is 3810. The molecule has 5 aromatic heterocycles. The van der Waals surface area contributed by atoms with Crippen molar-refractivity contribution in [3.63, 3.8) is 0 Å². The summed E-state index contributed by atoms with van der Waals surface area (Å²) in [6.45, 7) is 0. The monoisotopic (exact) mass is 805 g/mol. The fourth-order valence-electron chi connectivity index (χ4n) is 9.53. The summed E-state index contributed by atoms with van der Waals surface area (Å²) in [5.41, 5.74) is 13.9. The molecular weight excluding hydrogens is 771 g/mol. The number of pyridine rings is 1. The van der Waals surface area contributed by atoms with Crippen molar-refractivity contribution in [2.45, 2.75) is 0 Å². The lowest BCUT2D eigenvalue weighted by Crippen LogP contribution is -2.06. The maximum absolute atomic E-state index is 5.12. The number of fused-ring (bicyclic) bond motifs is 9. The van der Waals surface area contributed by atoms with Crippen LogP contribution in [0.5, 0.6) is 0 Å². The van der Waals surface area contributed by atoms with Gasteiger partial charge in [0.1, 0.15) is 0 Å². The van der Waals surface area contributed by atoms with Gasteiger partial charge >= 0.3 is 0 Å². The third-order valence-electron chi connectivity index (χ3n) is 12.3. The Morgan fingerprint density at radius 3 is 1.35 bits per heavy atom. The van der Waals surface area contributed by atoms with Gasteiger partial charge in [0.2, 0.25) is 5.95 Å². The molecule has 0 saturated carbocycles. The van der Waals surface area contributed by atoms with Crippen LogP contribution in [0.2, 0.25) is 0 Å². The predicted octanol–water partition coefficient (Wildman–Crippen LogP) is 13.6. The summed E-state index contributed by atoms with van der Waals surface area (Å²) in [5, 5.41) is 5.81. The minimum Gasteiger partial charge on any atom is -0.309 e. The maximum Gasteiger partial charge on any atom is 0.238 e. The zero-order chi connectivity index (χ0) is 41.4. The zero-order valence-electron chi connectivity index (χ0n) is 33.8. The van der Waals surface area contributed by atoms with E-state index in [0.717, 1.165) is 88.4 Å². The van der Waals surface area contributed by atoms with E-state index in [9.17, 15) is 0 Å². The Morgan fingerprint density at radius 2 is 0.746 bits per heavy atom. The molecule has 5 heterocycles. The van der Waals surface area contributed by atoms with Crippen LogP contribution in [-0.4, -0.2) is 33.6 Å². The van der Waals surface area contributed by atoms with Crippen molar-refractivity contribution < 1.29 is 0 Å². The van der Waals surface area contributed by atoms with E-state index < -0.39 is 0 Å². The van der Waals surface area contributed by atoms with E-state index in [-0.39, 0.29) is 0 Å². The van der Waals surface area contributed by atoms with Gasteiger partial charge in [-0.05, 0) is 83.9 Å². The molecule has 0 radical (unpaired) electrons. The summed E-state index contributed by atoms with van der Waals surface area (Å²) < 4.78 is 6.89. The summed E-state index contributed by atoms with van der Waals surface area (Å²) in [4.78, 5) is 20.0. The average molecular weight is 806 g/mol. The molecule has 0 aliphatic heterocycles. The van der Waals surface area contributed by atoms with Crippen LogP contribution in [0, 0.1) is 0 Å². The van der Waals surface area contributed by atoms with Gasteiger partial charge in [-0.1, -0.05) is 133 Å². The van der Waals surface area contributed by atoms with Gasteiger partial charge in [-0.25, -0.2) is 4.98 Å². The maximum atomic E-state index is 5.12. The first-order chi connectivity index (χ1) is 31.2. The van der Waals surface area contributed by atoms with Crippen molar-refractivity contribution in [2.24, 2.45) is 0 Å². The molecule has 7 heteroatoms. The van der Waals surface area contributed by atoms with Crippen LogP contribution in [0.3, 0.4) is 0 Å². The van der Waals surface area contributed by atoms with Crippen molar-refractivity contribution >= 4 is 65.5 Å². The van der Waals surface area contributed by atoms with Crippen molar-refractivity contribution in [3.8, 4) is 51.2 Å². The molecule has 13 rings (SSSR count). The summed E-state index contributed by atoms with van der Waals surface area (Å²) in [6, 6.07) is 72.6. The van der Waals surface area contributed by atoms with Crippen molar-refractivity contribution in [1.29, 1.82) is 0 Å². The van der Waals surface area contributed by atoms with Gasteiger partial charge in [0.25, 0.3) is 0 Å². The molecule has 0 atom stereocenters. The van der Waals surface area contributed by atoms with E-state index in [1.807, 2.05) is 72.9 Å². The minimum absolute atomic E-state index is 0.578. The number of rotatable bonds is 6. The lowest BCUT2D eigenvalue weighted by atomic mass is 10.0. The van der Waals surface area contributed by atoms with Crippen LogP contribution < -0.4 is 0 Å². The molecule has 0 fully saturated rings. The summed E-state index contributed by atoms with van der Waals surface area (Å²) >= 11 is 0. The number of hydrogen-bond donors (Lipinski definition) is 0. The summed E-state index contributed by atoms with van der Waals surface area (Å²) in [7, 11) is 0. The second-order valence-electron chi connectivity index (χ2n) is 15.9. The summed E-state index contributed by atoms with van der Waals surface area (Å²) in [5.74, 6) is 1.84. The molecule has 0 unspecified atom stereocenters.